The van der Waals surface area contributed by atoms with Crippen LogP contribution < -0.4 is 0 Å². The predicted molar refractivity (Wildman–Crippen MR) is 83.8 cm³/mol. The smallest absolute Gasteiger partial charge is 0.268 e. The zero-order valence-electron chi connectivity index (χ0n) is 11.3. The van der Waals surface area contributed by atoms with E-state index < -0.39 is 10.1 Å². The highest BCUT2D eigenvalue weighted by atomic mass is 32.2. The van der Waals surface area contributed by atoms with Gasteiger partial charge in [0.2, 0.25) is 0 Å². The van der Waals surface area contributed by atoms with Crippen LogP contribution in [0.1, 0.15) is 5.56 Å². The van der Waals surface area contributed by atoms with E-state index in [9.17, 15) is 8.42 Å². The van der Waals surface area contributed by atoms with Crippen molar-refractivity contribution in [2.75, 3.05) is 6.26 Å². The number of rotatable bonds is 5. The zero-order valence-corrected chi connectivity index (χ0v) is 12.9. The topological polar surface area (TPSA) is 55.7 Å². The lowest BCUT2D eigenvalue weighted by Crippen LogP contribution is -2.02. The van der Waals surface area contributed by atoms with Crippen LogP contribution in [0.2, 0.25) is 0 Å². The van der Waals surface area contributed by atoms with E-state index in [0.29, 0.717) is 5.56 Å². The highest BCUT2D eigenvalue weighted by molar-refractivity contribution is 7.99. The van der Waals surface area contributed by atoms with Crippen LogP contribution in [-0.2, 0) is 14.4 Å². The average Bonchev–Trinajstić information content (AvgIpc) is 2.46. The van der Waals surface area contributed by atoms with Gasteiger partial charge in [-0.05, 0) is 29.8 Å². The third-order valence-electron chi connectivity index (χ3n) is 2.40. The Balaban J connectivity index is 2.08. The predicted octanol–water partition coefficient (Wildman–Crippen LogP) is 3.23. The number of benzene rings is 2. The molecule has 0 aliphatic heterocycles. The van der Waals surface area contributed by atoms with Crippen molar-refractivity contribution in [1.82, 2.24) is 0 Å². The number of hydrogen-bond acceptors (Lipinski definition) is 5. The van der Waals surface area contributed by atoms with Gasteiger partial charge in [0.1, 0.15) is 0 Å². The Labute approximate surface area is 129 Å². The summed E-state index contributed by atoms with van der Waals surface area (Å²) < 4.78 is 26.0. The molecule has 0 aromatic heterocycles. The van der Waals surface area contributed by atoms with Crippen molar-refractivity contribution >= 4 is 27.6 Å². The van der Waals surface area contributed by atoms with Crippen LogP contribution in [0.3, 0.4) is 0 Å². The van der Waals surface area contributed by atoms with Crippen LogP contribution >= 0.6 is 11.8 Å². The maximum absolute atomic E-state index is 10.8. The summed E-state index contributed by atoms with van der Waals surface area (Å²) in [4.78, 5) is 2.18. The monoisotopic (exact) mass is 319 g/mol. The molecule has 0 saturated carbocycles. The number of nitrogens with zero attached hydrogens (tertiary/aromatic N) is 1. The summed E-state index contributed by atoms with van der Waals surface area (Å²) in [6, 6.07) is 17.2. The normalized spacial score (nSPS) is 12.2. The SMILES string of the molecule is [CH]C(=NOS(C)(=O)=O)c1ccc(Sc2ccccc2)cc1. The molecule has 0 aliphatic rings. The summed E-state index contributed by atoms with van der Waals surface area (Å²) in [5.74, 6) is 0. The molecule has 0 bridgehead atoms. The molecule has 2 aromatic carbocycles. The van der Waals surface area contributed by atoms with E-state index in [4.69, 9.17) is 6.92 Å². The van der Waals surface area contributed by atoms with Crippen molar-refractivity contribution in [3.8, 4) is 0 Å². The first-order valence-corrected chi connectivity index (χ1v) is 8.63. The third kappa shape index (κ3) is 5.24. The average molecular weight is 319 g/mol. The van der Waals surface area contributed by atoms with Crippen molar-refractivity contribution in [3.63, 3.8) is 0 Å². The van der Waals surface area contributed by atoms with Gasteiger partial charge >= 0.3 is 10.1 Å². The van der Waals surface area contributed by atoms with E-state index in [2.05, 4.69) is 9.44 Å². The first-order chi connectivity index (χ1) is 9.94. The molecule has 0 heterocycles. The van der Waals surface area contributed by atoms with E-state index in [1.54, 1.807) is 23.9 Å². The molecular weight excluding hydrogens is 306 g/mol. The second-order valence-corrected chi connectivity index (χ2v) is 6.90. The second-order valence-electron chi connectivity index (χ2n) is 4.19. The van der Waals surface area contributed by atoms with Gasteiger partial charge in [-0.25, -0.2) is 0 Å². The molecule has 0 aliphatic carbocycles. The molecule has 0 fully saturated rings. The van der Waals surface area contributed by atoms with E-state index in [1.807, 2.05) is 42.5 Å². The second kappa shape index (κ2) is 6.78. The molecule has 6 heteroatoms. The number of hydrogen-bond donors (Lipinski definition) is 0. The maximum Gasteiger partial charge on any atom is 0.325 e. The molecule has 108 valence electrons. The summed E-state index contributed by atoms with van der Waals surface area (Å²) in [6.07, 6.45) is 0.906. The fourth-order valence-electron chi connectivity index (χ4n) is 1.48. The van der Waals surface area contributed by atoms with Crippen LogP contribution in [0, 0.1) is 6.92 Å². The molecule has 0 N–H and O–H groups in total. The van der Waals surface area contributed by atoms with Gasteiger partial charge in [-0.3, -0.25) is 4.28 Å². The van der Waals surface area contributed by atoms with E-state index in [1.165, 1.54) is 0 Å². The van der Waals surface area contributed by atoms with Crippen molar-refractivity contribution in [2.24, 2.45) is 5.16 Å². The van der Waals surface area contributed by atoms with Gasteiger partial charge in [0, 0.05) is 16.7 Å². The zero-order chi connectivity index (χ0) is 15.3. The third-order valence-corrected chi connectivity index (χ3v) is 3.76. The maximum atomic E-state index is 10.8. The highest BCUT2D eigenvalue weighted by Gasteiger charge is 2.04. The fraction of sp³-hybridized carbons (Fsp3) is 0.0667. The lowest BCUT2D eigenvalue weighted by atomic mass is 10.1. The van der Waals surface area contributed by atoms with Crippen molar-refractivity contribution in [3.05, 3.63) is 67.1 Å². The Morgan fingerprint density at radius 2 is 1.62 bits per heavy atom. The molecule has 2 rings (SSSR count). The minimum Gasteiger partial charge on any atom is -0.268 e. The van der Waals surface area contributed by atoms with E-state index in [0.717, 1.165) is 16.0 Å². The van der Waals surface area contributed by atoms with Crippen LogP contribution in [0.15, 0.2) is 69.5 Å². The minimum absolute atomic E-state index is 0.0108. The van der Waals surface area contributed by atoms with Gasteiger partial charge < -0.3 is 0 Å². The molecule has 21 heavy (non-hydrogen) atoms. The highest BCUT2D eigenvalue weighted by Crippen LogP contribution is 2.27. The molecule has 0 atom stereocenters. The number of oxime groups is 1. The summed E-state index contributed by atoms with van der Waals surface area (Å²) in [5.41, 5.74) is 0.604. The van der Waals surface area contributed by atoms with Crippen molar-refractivity contribution < 1.29 is 12.7 Å². The lowest BCUT2D eigenvalue weighted by Gasteiger charge is -2.04. The van der Waals surface area contributed by atoms with Gasteiger partial charge in [0.15, 0.2) is 0 Å². The van der Waals surface area contributed by atoms with Crippen LogP contribution in [-0.4, -0.2) is 20.4 Å². The van der Waals surface area contributed by atoms with Gasteiger partial charge in [-0.1, -0.05) is 47.2 Å². The van der Waals surface area contributed by atoms with Gasteiger partial charge in [0.05, 0.1) is 12.0 Å². The minimum atomic E-state index is -3.65. The van der Waals surface area contributed by atoms with Crippen LogP contribution in [0.5, 0.6) is 0 Å². The Hall–Kier alpha value is -1.79. The van der Waals surface area contributed by atoms with Crippen molar-refractivity contribution in [2.45, 2.75) is 9.79 Å². The summed E-state index contributed by atoms with van der Waals surface area (Å²) in [6.45, 7) is 5.66. The molecule has 2 radical (unpaired) electrons. The van der Waals surface area contributed by atoms with Crippen LogP contribution in [0.4, 0.5) is 0 Å². The Kier molecular flexibility index (Phi) is 5.03. The molecule has 0 unspecified atom stereocenters. The van der Waals surface area contributed by atoms with Gasteiger partial charge in [-0.15, -0.1) is 0 Å². The molecular formula is C15H13NO3S2. The van der Waals surface area contributed by atoms with Gasteiger partial charge in [-0.2, -0.15) is 8.42 Å². The molecule has 0 spiro atoms. The lowest BCUT2D eigenvalue weighted by molar-refractivity contribution is 0.343. The largest absolute Gasteiger partial charge is 0.325 e. The quantitative estimate of drug-likeness (QED) is 0.627. The molecule has 0 amide bonds. The fourth-order valence-corrected chi connectivity index (χ4v) is 2.53. The standard InChI is InChI=1S/C15H13NO3S2/c1-12(16-19-21(2,17)18)13-8-10-15(11-9-13)20-14-6-4-3-5-7-14/h1,3-11H,2H3. The summed E-state index contributed by atoms with van der Waals surface area (Å²) in [5, 5.41) is 3.38. The molecule has 0 saturated heterocycles. The van der Waals surface area contributed by atoms with Crippen LogP contribution in [0.25, 0.3) is 0 Å². The van der Waals surface area contributed by atoms with E-state index >= 15 is 0 Å². The first kappa shape index (κ1) is 15.6. The first-order valence-electron chi connectivity index (χ1n) is 5.99. The Bertz CT molecular complexity index is 723. The summed E-state index contributed by atoms with van der Waals surface area (Å²) in [7, 11) is -3.65. The Morgan fingerprint density at radius 1 is 1.05 bits per heavy atom. The molecule has 4 nitrogen and oxygen atoms in total. The van der Waals surface area contributed by atoms with Gasteiger partial charge in [0.25, 0.3) is 0 Å². The summed E-state index contributed by atoms with van der Waals surface area (Å²) >= 11 is 1.62. The van der Waals surface area contributed by atoms with Crippen molar-refractivity contribution in [1.29, 1.82) is 0 Å². The van der Waals surface area contributed by atoms with E-state index in [-0.39, 0.29) is 5.71 Å². The molecule has 2 aromatic rings. The Morgan fingerprint density at radius 3 is 2.19 bits per heavy atom.